The van der Waals surface area contributed by atoms with E-state index in [1.165, 1.54) is 0 Å². The predicted molar refractivity (Wildman–Crippen MR) is 53.1 cm³/mol. The molecule has 16 heavy (non-hydrogen) atoms. The molecule has 1 rings (SSSR count). The molecule has 7 heteroatoms. The molecule has 0 aromatic heterocycles. The molecule has 4 N–H and O–H groups in total. The summed E-state index contributed by atoms with van der Waals surface area (Å²) in [6.45, 7) is 0.858. The van der Waals surface area contributed by atoms with Crippen LogP contribution in [0, 0.1) is 0 Å². The van der Waals surface area contributed by atoms with E-state index in [0.717, 1.165) is 19.4 Å². The predicted octanol–water partition coefficient (Wildman–Crippen LogP) is -0.465. The van der Waals surface area contributed by atoms with E-state index in [1.54, 1.807) is 0 Å². The number of carboxylic acid groups (broad SMARTS) is 3. The van der Waals surface area contributed by atoms with Crippen LogP contribution in [0.1, 0.15) is 12.8 Å². The minimum absolute atomic E-state index is 0.269. The van der Waals surface area contributed by atoms with Gasteiger partial charge < -0.3 is 20.6 Å². The summed E-state index contributed by atoms with van der Waals surface area (Å²) < 4.78 is 0. The van der Waals surface area contributed by atoms with Crippen LogP contribution >= 0.6 is 0 Å². The Bertz CT molecular complexity index is 276. The quantitative estimate of drug-likeness (QED) is 0.484. The van der Waals surface area contributed by atoms with Crippen molar-refractivity contribution in [1.29, 1.82) is 0 Å². The van der Waals surface area contributed by atoms with Gasteiger partial charge in [-0.3, -0.25) is 4.79 Å². The Hall–Kier alpha value is -1.89. The SMILES string of the molecule is O=C(O)/C=C\C(=O)O.O=C(O)C1CCCN1. The average molecular weight is 231 g/mol. The molecule has 0 aromatic carbocycles. The average Bonchev–Trinajstić information content (AvgIpc) is 2.68. The van der Waals surface area contributed by atoms with Crippen molar-refractivity contribution in [1.82, 2.24) is 5.32 Å². The van der Waals surface area contributed by atoms with Crippen LogP contribution in [0.3, 0.4) is 0 Å². The Labute approximate surface area is 91.4 Å². The third-order valence-corrected chi connectivity index (χ3v) is 1.73. The summed E-state index contributed by atoms with van der Waals surface area (Å²) in [6, 6.07) is -0.269. The van der Waals surface area contributed by atoms with Crippen LogP contribution < -0.4 is 5.32 Å². The summed E-state index contributed by atoms with van der Waals surface area (Å²) >= 11 is 0. The highest BCUT2D eigenvalue weighted by Gasteiger charge is 2.20. The van der Waals surface area contributed by atoms with E-state index < -0.39 is 17.9 Å². The van der Waals surface area contributed by atoms with Gasteiger partial charge in [0.05, 0.1) is 0 Å². The summed E-state index contributed by atoms with van der Waals surface area (Å²) in [5.41, 5.74) is 0. The Morgan fingerprint density at radius 2 is 1.56 bits per heavy atom. The molecule has 0 radical (unpaired) electrons. The number of carboxylic acids is 3. The molecule has 0 aromatic rings. The Kier molecular flexibility index (Phi) is 6.53. The van der Waals surface area contributed by atoms with Crippen LogP contribution in [-0.4, -0.2) is 45.8 Å². The van der Waals surface area contributed by atoms with Crippen LogP contribution in [0.4, 0.5) is 0 Å². The zero-order chi connectivity index (χ0) is 12.6. The first kappa shape index (κ1) is 14.1. The van der Waals surface area contributed by atoms with Crippen molar-refractivity contribution in [2.75, 3.05) is 6.54 Å². The van der Waals surface area contributed by atoms with Gasteiger partial charge in [-0.1, -0.05) is 0 Å². The maximum Gasteiger partial charge on any atom is 0.328 e. The van der Waals surface area contributed by atoms with Crippen molar-refractivity contribution in [2.45, 2.75) is 18.9 Å². The van der Waals surface area contributed by atoms with E-state index in [0.29, 0.717) is 12.2 Å². The maximum atomic E-state index is 10.1. The number of rotatable bonds is 3. The molecule has 0 amide bonds. The largest absolute Gasteiger partial charge is 0.480 e. The Morgan fingerprint density at radius 3 is 1.75 bits per heavy atom. The van der Waals surface area contributed by atoms with Gasteiger partial charge in [0, 0.05) is 12.2 Å². The smallest absolute Gasteiger partial charge is 0.328 e. The fourth-order valence-electron chi connectivity index (χ4n) is 1.04. The van der Waals surface area contributed by atoms with Gasteiger partial charge in [0.15, 0.2) is 0 Å². The number of hydrogen-bond donors (Lipinski definition) is 4. The highest BCUT2D eigenvalue weighted by molar-refractivity contribution is 5.89. The van der Waals surface area contributed by atoms with E-state index in [4.69, 9.17) is 15.3 Å². The van der Waals surface area contributed by atoms with E-state index in [9.17, 15) is 14.4 Å². The monoisotopic (exact) mass is 231 g/mol. The lowest BCUT2D eigenvalue weighted by Gasteiger charge is -1.99. The van der Waals surface area contributed by atoms with Gasteiger partial charge in [-0.25, -0.2) is 9.59 Å². The first-order valence-electron chi connectivity index (χ1n) is 4.53. The van der Waals surface area contributed by atoms with Crippen molar-refractivity contribution in [3.8, 4) is 0 Å². The van der Waals surface area contributed by atoms with Gasteiger partial charge in [0.25, 0.3) is 0 Å². The van der Waals surface area contributed by atoms with Crippen molar-refractivity contribution in [2.24, 2.45) is 0 Å². The van der Waals surface area contributed by atoms with Gasteiger partial charge in [-0.15, -0.1) is 0 Å². The molecule has 0 bridgehead atoms. The van der Waals surface area contributed by atoms with Crippen LogP contribution in [-0.2, 0) is 14.4 Å². The van der Waals surface area contributed by atoms with Gasteiger partial charge in [0.1, 0.15) is 6.04 Å². The number of carbonyl (C=O) groups is 3. The highest BCUT2D eigenvalue weighted by atomic mass is 16.4. The van der Waals surface area contributed by atoms with E-state index in [-0.39, 0.29) is 6.04 Å². The van der Waals surface area contributed by atoms with Crippen LogP contribution in [0.15, 0.2) is 12.2 Å². The van der Waals surface area contributed by atoms with Crippen LogP contribution in [0.2, 0.25) is 0 Å². The van der Waals surface area contributed by atoms with Crippen molar-refractivity contribution in [3.63, 3.8) is 0 Å². The highest BCUT2D eigenvalue weighted by Crippen LogP contribution is 2.03. The van der Waals surface area contributed by atoms with E-state index in [2.05, 4.69) is 5.32 Å². The van der Waals surface area contributed by atoms with Gasteiger partial charge in [0.2, 0.25) is 0 Å². The Morgan fingerprint density at radius 1 is 1.06 bits per heavy atom. The fourth-order valence-corrected chi connectivity index (χ4v) is 1.04. The van der Waals surface area contributed by atoms with E-state index in [1.807, 2.05) is 0 Å². The standard InChI is InChI=1S/C5H9NO2.C4H4O4/c7-5(8)4-2-1-3-6-4;5-3(6)1-2-4(7)8/h4,6H,1-3H2,(H,7,8);1-2H,(H,5,6)(H,7,8)/b;2-1-. The minimum Gasteiger partial charge on any atom is -0.480 e. The summed E-state index contributed by atoms with van der Waals surface area (Å²) in [4.78, 5) is 29.2. The summed E-state index contributed by atoms with van der Waals surface area (Å²) in [7, 11) is 0. The summed E-state index contributed by atoms with van der Waals surface area (Å²) in [5.74, 6) is -3.23. The van der Waals surface area contributed by atoms with Crippen LogP contribution in [0.25, 0.3) is 0 Å². The third kappa shape index (κ3) is 7.51. The van der Waals surface area contributed by atoms with Gasteiger partial charge >= 0.3 is 17.9 Å². The second kappa shape index (κ2) is 7.41. The molecule has 0 aliphatic carbocycles. The zero-order valence-electron chi connectivity index (χ0n) is 8.42. The second-order valence-corrected chi connectivity index (χ2v) is 3.00. The molecular formula is C9H13NO6. The second-order valence-electron chi connectivity index (χ2n) is 3.00. The molecule has 0 saturated carbocycles. The fraction of sp³-hybridized carbons (Fsp3) is 0.444. The molecule has 0 spiro atoms. The number of hydrogen-bond acceptors (Lipinski definition) is 4. The lowest BCUT2D eigenvalue weighted by atomic mass is 10.2. The third-order valence-electron chi connectivity index (χ3n) is 1.73. The first-order valence-corrected chi connectivity index (χ1v) is 4.53. The molecule has 1 unspecified atom stereocenters. The van der Waals surface area contributed by atoms with Gasteiger partial charge in [-0.05, 0) is 19.4 Å². The zero-order valence-corrected chi connectivity index (χ0v) is 8.42. The molecule has 1 aliphatic heterocycles. The van der Waals surface area contributed by atoms with Crippen LogP contribution in [0.5, 0.6) is 0 Å². The van der Waals surface area contributed by atoms with Crippen molar-refractivity contribution in [3.05, 3.63) is 12.2 Å². The molecule has 90 valence electrons. The molecule has 7 nitrogen and oxygen atoms in total. The molecule has 1 atom stereocenters. The van der Waals surface area contributed by atoms with Gasteiger partial charge in [-0.2, -0.15) is 0 Å². The van der Waals surface area contributed by atoms with Crippen molar-refractivity contribution < 1.29 is 29.7 Å². The first-order chi connectivity index (χ1) is 7.43. The van der Waals surface area contributed by atoms with E-state index >= 15 is 0 Å². The molecule has 1 aliphatic rings. The molecule has 1 fully saturated rings. The maximum absolute atomic E-state index is 10.1. The normalized spacial score (nSPS) is 18.9. The topological polar surface area (TPSA) is 124 Å². The Balaban J connectivity index is 0.000000281. The number of aliphatic carboxylic acids is 3. The molecular weight excluding hydrogens is 218 g/mol. The summed E-state index contributed by atoms with van der Waals surface area (Å²) in [6.07, 6.45) is 2.90. The lowest BCUT2D eigenvalue weighted by molar-refractivity contribution is -0.139. The lowest BCUT2D eigenvalue weighted by Crippen LogP contribution is -2.29. The number of nitrogens with one attached hydrogen (secondary N) is 1. The molecule has 1 saturated heterocycles. The summed E-state index contributed by atoms with van der Waals surface area (Å²) in [5, 5.41) is 26.8. The minimum atomic E-state index is -1.26. The molecule has 1 heterocycles. The van der Waals surface area contributed by atoms with Crippen molar-refractivity contribution >= 4 is 17.9 Å².